The van der Waals surface area contributed by atoms with Crippen molar-refractivity contribution in [2.24, 2.45) is 16.4 Å². The fraction of sp³-hybridized carbons (Fsp3) is 0.458. The summed E-state index contributed by atoms with van der Waals surface area (Å²) in [5.74, 6) is 1.53. The molecule has 4 nitrogen and oxygen atoms in total. The molecule has 3 aromatic rings. The highest BCUT2D eigenvalue weighted by molar-refractivity contribution is 7.19. The number of anilines is 1. The number of nitrogens with zero attached hydrogens (tertiary/aromatic N) is 3. The van der Waals surface area contributed by atoms with Crippen molar-refractivity contribution in [1.29, 1.82) is 0 Å². The summed E-state index contributed by atoms with van der Waals surface area (Å²) in [5, 5.41) is 5.81. The first kappa shape index (κ1) is 20.0. The topological polar surface area (TPSA) is 50.2 Å². The maximum atomic E-state index is 4.64. The van der Waals surface area contributed by atoms with E-state index in [9.17, 15) is 0 Å². The van der Waals surface area contributed by atoms with Crippen molar-refractivity contribution < 1.29 is 0 Å². The summed E-state index contributed by atoms with van der Waals surface area (Å²) in [6.07, 6.45) is 6.38. The number of benzene rings is 1. The van der Waals surface area contributed by atoms with Gasteiger partial charge in [-0.15, -0.1) is 11.3 Å². The van der Waals surface area contributed by atoms with Gasteiger partial charge in [-0.05, 0) is 55.6 Å². The Hall–Kier alpha value is -2.27. The van der Waals surface area contributed by atoms with Crippen molar-refractivity contribution in [1.82, 2.24) is 9.97 Å². The predicted molar refractivity (Wildman–Crippen MR) is 124 cm³/mol. The van der Waals surface area contributed by atoms with Gasteiger partial charge in [-0.2, -0.15) is 5.10 Å². The molecular weight excluding hydrogens is 376 g/mol. The molecule has 0 unspecified atom stereocenters. The molecule has 0 bridgehead atoms. The van der Waals surface area contributed by atoms with Crippen LogP contribution in [0.5, 0.6) is 0 Å². The van der Waals surface area contributed by atoms with E-state index in [1.165, 1.54) is 34.2 Å². The van der Waals surface area contributed by atoms with Gasteiger partial charge in [0.2, 0.25) is 0 Å². The SMILES string of the molecule is CCC(C)(C)[C@H]1CCc2sc3ncnc(N/N=C(/C)c4ccc(C)cc4)c3c2C1. The minimum atomic E-state index is 0.357. The largest absolute Gasteiger partial charge is 0.260 e. The normalized spacial score (nSPS) is 17.4. The maximum Gasteiger partial charge on any atom is 0.158 e. The van der Waals surface area contributed by atoms with Crippen molar-refractivity contribution in [2.75, 3.05) is 5.43 Å². The fourth-order valence-electron chi connectivity index (χ4n) is 4.14. The Bertz CT molecular complexity index is 1050. The van der Waals surface area contributed by atoms with Crippen LogP contribution in [0.2, 0.25) is 0 Å². The van der Waals surface area contributed by atoms with E-state index in [2.05, 4.69) is 72.5 Å². The first-order chi connectivity index (χ1) is 13.9. The third kappa shape index (κ3) is 3.93. The molecule has 1 aliphatic carbocycles. The van der Waals surface area contributed by atoms with Crippen LogP contribution >= 0.6 is 11.3 Å². The minimum absolute atomic E-state index is 0.357. The second kappa shape index (κ2) is 7.86. The summed E-state index contributed by atoms with van der Waals surface area (Å²) in [6, 6.07) is 8.44. The molecule has 1 N–H and O–H groups in total. The zero-order chi connectivity index (χ0) is 20.6. The van der Waals surface area contributed by atoms with Crippen LogP contribution < -0.4 is 5.43 Å². The van der Waals surface area contributed by atoms with Crippen LogP contribution in [0.3, 0.4) is 0 Å². The Morgan fingerprint density at radius 2 is 2.00 bits per heavy atom. The molecule has 0 amide bonds. The third-order valence-electron chi connectivity index (χ3n) is 6.66. The van der Waals surface area contributed by atoms with E-state index in [1.807, 2.05) is 18.3 Å². The molecule has 4 rings (SSSR count). The lowest BCUT2D eigenvalue weighted by atomic mass is 9.69. The molecule has 1 aromatic carbocycles. The second-order valence-corrected chi connectivity index (χ2v) is 9.95. The summed E-state index contributed by atoms with van der Waals surface area (Å²) in [6.45, 7) is 11.2. The van der Waals surface area contributed by atoms with Crippen LogP contribution in [0, 0.1) is 18.3 Å². The van der Waals surface area contributed by atoms with Gasteiger partial charge in [0.05, 0.1) is 11.1 Å². The molecule has 0 saturated heterocycles. The number of aromatic nitrogens is 2. The highest BCUT2D eigenvalue weighted by atomic mass is 32.1. The van der Waals surface area contributed by atoms with E-state index in [4.69, 9.17) is 0 Å². The molecule has 29 heavy (non-hydrogen) atoms. The Morgan fingerprint density at radius 1 is 1.24 bits per heavy atom. The van der Waals surface area contributed by atoms with Crippen molar-refractivity contribution in [2.45, 2.75) is 60.3 Å². The molecule has 2 heterocycles. The quantitative estimate of drug-likeness (QED) is 0.395. The Labute approximate surface area is 177 Å². The average molecular weight is 407 g/mol. The average Bonchev–Trinajstić information content (AvgIpc) is 3.11. The first-order valence-corrected chi connectivity index (χ1v) is 11.3. The second-order valence-electron chi connectivity index (χ2n) is 8.86. The molecule has 0 fully saturated rings. The van der Waals surface area contributed by atoms with Gasteiger partial charge >= 0.3 is 0 Å². The molecule has 2 aromatic heterocycles. The van der Waals surface area contributed by atoms with Crippen molar-refractivity contribution in [3.05, 3.63) is 52.2 Å². The zero-order valence-corrected chi connectivity index (χ0v) is 18.9. The van der Waals surface area contributed by atoms with Gasteiger partial charge in [0.15, 0.2) is 5.82 Å². The summed E-state index contributed by atoms with van der Waals surface area (Å²) >= 11 is 1.83. The number of nitrogens with one attached hydrogen (secondary N) is 1. The Kier molecular flexibility index (Phi) is 5.43. The number of hydrogen-bond donors (Lipinski definition) is 1. The highest BCUT2D eigenvalue weighted by Crippen LogP contribution is 2.45. The van der Waals surface area contributed by atoms with E-state index in [-0.39, 0.29) is 0 Å². The molecule has 0 aliphatic heterocycles. The van der Waals surface area contributed by atoms with Crippen molar-refractivity contribution in [3.63, 3.8) is 0 Å². The van der Waals surface area contributed by atoms with Gasteiger partial charge in [0, 0.05) is 4.88 Å². The van der Waals surface area contributed by atoms with Crippen LogP contribution in [-0.4, -0.2) is 15.7 Å². The van der Waals surface area contributed by atoms with Gasteiger partial charge in [-0.1, -0.05) is 57.0 Å². The van der Waals surface area contributed by atoms with E-state index in [1.54, 1.807) is 6.33 Å². The fourth-order valence-corrected chi connectivity index (χ4v) is 5.33. The van der Waals surface area contributed by atoms with Crippen molar-refractivity contribution in [3.8, 4) is 0 Å². The standard InChI is InChI=1S/C24H30N4S/c1-6-24(4,5)18-11-12-20-19(13-18)21-22(25-14-26-23(21)29-20)28-27-16(3)17-9-7-15(2)8-10-17/h7-10,14,18H,6,11-13H2,1-5H3,(H,25,26,28)/b27-16-/t18-/m0/s1. The molecule has 1 aliphatic rings. The van der Waals surface area contributed by atoms with E-state index >= 15 is 0 Å². The van der Waals surface area contributed by atoms with Crippen LogP contribution in [0.4, 0.5) is 5.82 Å². The molecule has 152 valence electrons. The Morgan fingerprint density at radius 3 is 2.72 bits per heavy atom. The molecule has 0 saturated carbocycles. The first-order valence-electron chi connectivity index (χ1n) is 10.5. The molecule has 0 radical (unpaired) electrons. The van der Waals surface area contributed by atoms with E-state index in [0.717, 1.165) is 34.8 Å². The third-order valence-corrected chi connectivity index (χ3v) is 7.86. The van der Waals surface area contributed by atoms with Crippen LogP contribution in [0.15, 0.2) is 35.7 Å². The van der Waals surface area contributed by atoms with E-state index < -0.39 is 0 Å². The summed E-state index contributed by atoms with van der Waals surface area (Å²) in [5.41, 5.74) is 8.36. The van der Waals surface area contributed by atoms with Gasteiger partial charge in [0.25, 0.3) is 0 Å². The number of thiophene rings is 1. The smallest absolute Gasteiger partial charge is 0.158 e. The Balaban J connectivity index is 1.67. The monoisotopic (exact) mass is 406 g/mol. The number of aryl methyl sites for hydroxylation is 2. The lowest BCUT2D eigenvalue weighted by Crippen LogP contribution is -2.28. The van der Waals surface area contributed by atoms with Crippen LogP contribution in [0.25, 0.3) is 10.2 Å². The van der Waals surface area contributed by atoms with Gasteiger partial charge in [-0.25, -0.2) is 9.97 Å². The lowest BCUT2D eigenvalue weighted by Gasteiger charge is -2.36. The van der Waals surface area contributed by atoms with Crippen LogP contribution in [0.1, 0.15) is 62.1 Å². The number of rotatable bonds is 5. The maximum absolute atomic E-state index is 4.64. The highest BCUT2D eigenvalue weighted by Gasteiger charge is 2.33. The van der Waals surface area contributed by atoms with Gasteiger partial charge in [-0.3, -0.25) is 5.43 Å². The van der Waals surface area contributed by atoms with Gasteiger partial charge in [0.1, 0.15) is 11.2 Å². The molecule has 5 heteroatoms. The van der Waals surface area contributed by atoms with Crippen LogP contribution in [-0.2, 0) is 12.8 Å². The summed E-state index contributed by atoms with van der Waals surface area (Å²) < 4.78 is 0. The predicted octanol–water partition coefficient (Wildman–Crippen LogP) is 6.38. The van der Waals surface area contributed by atoms with Gasteiger partial charge < -0.3 is 0 Å². The molecular formula is C24H30N4S. The number of hydrazone groups is 1. The van der Waals surface area contributed by atoms with Crippen molar-refractivity contribution >= 4 is 33.1 Å². The lowest BCUT2D eigenvalue weighted by molar-refractivity contribution is 0.184. The molecule has 0 spiro atoms. The minimum Gasteiger partial charge on any atom is -0.260 e. The number of hydrogen-bond acceptors (Lipinski definition) is 5. The summed E-state index contributed by atoms with van der Waals surface area (Å²) in [4.78, 5) is 11.7. The molecule has 1 atom stereocenters. The summed E-state index contributed by atoms with van der Waals surface area (Å²) in [7, 11) is 0. The van der Waals surface area contributed by atoms with E-state index in [0.29, 0.717) is 11.3 Å². The number of fused-ring (bicyclic) bond motifs is 3. The zero-order valence-electron chi connectivity index (χ0n) is 18.0.